The van der Waals surface area contributed by atoms with Crippen molar-refractivity contribution in [3.8, 4) is 0 Å². The highest BCUT2D eigenvalue weighted by molar-refractivity contribution is 6.10. The topological polar surface area (TPSA) is 296 Å². The predicted octanol–water partition coefficient (Wildman–Crippen LogP) is 2.45. The van der Waals surface area contributed by atoms with Crippen LogP contribution in [0, 0.1) is 41.4 Å². The fourth-order valence-electron chi connectivity index (χ4n) is 10.6. The molecule has 1 aliphatic rings. The number of likely N-dealkylation sites (N-methyl/N-ethyl adjacent to an activating group) is 7. The second-order valence-electron chi connectivity index (χ2n) is 26.0. The van der Waals surface area contributed by atoms with Gasteiger partial charge in [0.05, 0.1) is 13.2 Å². The molecule has 1 unspecified atom stereocenters. The summed E-state index contributed by atoms with van der Waals surface area (Å²) in [5.74, 6) is -11.4. The van der Waals surface area contributed by atoms with E-state index in [1.165, 1.54) is 93.8 Å². The Hall–Kier alpha value is -6.46. The van der Waals surface area contributed by atoms with Crippen LogP contribution < -0.4 is 21.3 Å². The van der Waals surface area contributed by atoms with E-state index in [1.807, 2.05) is 55.4 Å². The summed E-state index contributed by atoms with van der Waals surface area (Å²) in [5.41, 5.74) is 0. The quantitative estimate of drug-likeness (QED) is 0.110. The molecular weight excluding hydrogens is 1110 g/mol. The summed E-state index contributed by atoms with van der Waals surface area (Å²) in [6, 6.07) is -12.9. The molecule has 24 nitrogen and oxygen atoms in total. The number of Topliss-reactive ketones (excluding diaryl/α,β-unsaturated/α-hetero) is 1. The SMILES string of the molecule is CC[C@@H]1NC(=O)C(C(=O)[C@H](C)C/C=C/CO)N(C)C(=O)[C@H](C(C)C)N(C)C(=O)[C@H](CC(C)C)N(C)C(=O)[C@H](CC(C)C)N(C)C(=O)[C@@H](C)NC(=O)[C@H](C)NC(=O)[C@H](CC(C)C)N(C)C(=O)[C@H](C(C)C)NC(=O)[C@H](CC(C)C)N(C)C(=O)CN(C)C1=O. The van der Waals surface area contributed by atoms with Gasteiger partial charge in [-0.1, -0.05) is 109 Å². The van der Waals surface area contributed by atoms with E-state index in [2.05, 4.69) is 21.3 Å². The second kappa shape index (κ2) is 35.4. The third-order valence-electron chi connectivity index (χ3n) is 15.9. The molecule has 0 aromatic carbocycles. The molecule has 0 aromatic heterocycles. The Morgan fingerprint density at radius 2 is 0.907 bits per heavy atom. The molecule has 0 saturated carbocycles. The first kappa shape index (κ1) is 77.6. The molecule has 490 valence electrons. The van der Waals surface area contributed by atoms with Gasteiger partial charge in [0, 0.05) is 55.3 Å². The molecule has 1 rings (SSSR count). The van der Waals surface area contributed by atoms with Crippen LogP contribution in [0.1, 0.15) is 149 Å². The summed E-state index contributed by atoms with van der Waals surface area (Å²) in [4.78, 5) is 183. The van der Waals surface area contributed by atoms with Crippen molar-refractivity contribution in [1.29, 1.82) is 0 Å². The van der Waals surface area contributed by atoms with E-state index < -0.39 is 155 Å². The zero-order chi connectivity index (χ0) is 66.7. The van der Waals surface area contributed by atoms with Crippen molar-refractivity contribution in [2.75, 3.05) is 62.5 Å². The molecule has 0 radical (unpaired) electrons. The summed E-state index contributed by atoms with van der Waals surface area (Å²) in [6.45, 7) is 26.7. The van der Waals surface area contributed by atoms with E-state index in [0.717, 1.165) is 9.80 Å². The Kier molecular flexibility index (Phi) is 31.9. The van der Waals surface area contributed by atoms with Crippen LogP contribution in [0.15, 0.2) is 12.2 Å². The number of aliphatic hydroxyl groups is 1. The second-order valence-corrected chi connectivity index (χ2v) is 26.0. The first-order valence-corrected chi connectivity index (χ1v) is 30.6. The van der Waals surface area contributed by atoms with Gasteiger partial charge < -0.3 is 60.7 Å². The van der Waals surface area contributed by atoms with Crippen molar-refractivity contribution in [2.24, 2.45) is 41.4 Å². The Balaban J connectivity index is 4.34. The average molecular weight is 1220 g/mol. The molecule has 11 atom stereocenters. The fourth-order valence-corrected chi connectivity index (χ4v) is 10.6. The van der Waals surface area contributed by atoms with Gasteiger partial charge in [0.2, 0.25) is 59.1 Å². The van der Waals surface area contributed by atoms with Crippen molar-refractivity contribution in [2.45, 2.75) is 210 Å². The molecule has 1 aliphatic heterocycles. The number of aliphatic hydroxyl groups excluding tert-OH is 1. The number of ketones is 1. The Morgan fingerprint density at radius 1 is 0.477 bits per heavy atom. The summed E-state index contributed by atoms with van der Waals surface area (Å²) < 4.78 is 0. The largest absolute Gasteiger partial charge is 0.392 e. The van der Waals surface area contributed by atoms with Crippen LogP contribution in [0.25, 0.3) is 0 Å². The molecule has 24 heteroatoms. The van der Waals surface area contributed by atoms with Crippen molar-refractivity contribution in [1.82, 2.24) is 55.6 Å². The number of allylic oxidation sites excluding steroid dienone is 1. The predicted molar refractivity (Wildman–Crippen MR) is 329 cm³/mol. The normalized spacial score (nSPS) is 26.3. The summed E-state index contributed by atoms with van der Waals surface area (Å²) in [5, 5.41) is 20.3. The van der Waals surface area contributed by atoms with Gasteiger partial charge in [-0.25, -0.2) is 0 Å². The third kappa shape index (κ3) is 21.7. The first-order valence-electron chi connectivity index (χ1n) is 30.6. The van der Waals surface area contributed by atoms with Crippen molar-refractivity contribution in [3.05, 3.63) is 12.2 Å². The summed E-state index contributed by atoms with van der Waals surface area (Å²) >= 11 is 0. The maximum atomic E-state index is 15.1. The zero-order valence-electron chi connectivity index (χ0n) is 56.1. The monoisotopic (exact) mass is 1220 g/mol. The first-order chi connectivity index (χ1) is 39.7. The summed E-state index contributed by atoms with van der Waals surface area (Å²) in [6.07, 6.45) is 3.54. The van der Waals surface area contributed by atoms with E-state index in [0.29, 0.717) is 0 Å². The van der Waals surface area contributed by atoms with E-state index in [4.69, 9.17) is 0 Å². The molecular formula is C62H109N11O13. The van der Waals surface area contributed by atoms with E-state index in [-0.39, 0.29) is 68.8 Å². The smallest absolute Gasteiger partial charge is 0.251 e. The van der Waals surface area contributed by atoms with Crippen LogP contribution in [0.5, 0.6) is 0 Å². The fraction of sp³-hybridized carbons (Fsp3) is 0.774. The van der Waals surface area contributed by atoms with Crippen LogP contribution in [0.4, 0.5) is 0 Å². The molecule has 1 fully saturated rings. The molecule has 0 aromatic rings. The number of carbonyl (C=O) groups excluding carboxylic acids is 12. The minimum absolute atomic E-state index is 0.0339. The number of hydrogen-bond acceptors (Lipinski definition) is 13. The molecule has 11 amide bonds. The Labute approximate surface area is 513 Å². The number of nitrogens with one attached hydrogen (secondary N) is 4. The Morgan fingerprint density at radius 3 is 1.36 bits per heavy atom. The molecule has 1 heterocycles. The highest BCUT2D eigenvalue weighted by Crippen LogP contribution is 2.25. The van der Waals surface area contributed by atoms with Gasteiger partial charge in [0.15, 0.2) is 11.8 Å². The van der Waals surface area contributed by atoms with Crippen LogP contribution >= 0.6 is 0 Å². The number of rotatable bonds is 16. The number of amides is 11. The van der Waals surface area contributed by atoms with Gasteiger partial charge in [0.25, 0.3) is 5.91 Å². The maximum absolute atomic E-state index is 15.1. The van der Waals surface area contributed by atoms with E-state index in [9.17, 15) is 53.1 Å². The van der Waals surface area contributed by atoms with Crippen molar-refractivity contribution < 1.29 is 62.6 Å². The van der Waals surface area contributed by atoms with Gasteiger partial charge in [-0.2, -0.15) is 0 Å². The lowest BCUT2D eigenvalue weighted by molar-refractivity contribution is -0.157. The standard InChI is InChI=1S/C62H109N11O13/c1-24-43-58(82)67(17)33-48(75)68(18)44(29-34(2)3)55(79)66-49(38(10)11)61(85)69(19)45(30-35(4)5)54(78)63-41(15)53(77)64-42(16)57(81)70(20)46(31-36(6)7)59(83)71(21)47(32-37(8)9)60(84)72(22)50(39(12)13)62(86)73(23)51(56(80)65-43)52(76)40(14)27-25-26-28-74/h25-26,34-47,49-51,74H,24,27-33H2,1-23H3,(H,63,78)(H,64,77)(H,65,80)(H,66,79)/b26-25+/t40-,41+,42-,43+,44+,45+,46+,47+,49+,50+,51?/m1/s1. The summed E-state index contributed by atoms with van der Waals surface area (Å²) in [7, 11) is 9.67. The van der Waals surface area contributed by atoms with Crippen LogP contribution in [0.2, 0.25) is 0 Å². The van der Waals surface area contributed by atoms with Gasteiger partial charge >= 0.3 is 0 Å². The molecule has 5 N–H and O–H groups in total. The van der Waals surface area contributed by atoms with Gasteiger partial charge in [-0.3, -0.25) is 57.5 Å². The van der Waals surface area contributed by atoms with Crippen LogP contribution in [-0.4, -0.2) is 233 Å². The van der Waals surface area contributed by atoms with Gasteiger partial charge in [0.1, 0.15) is 54.4 Å². The van der Waals surface area contributed by atoms with Crippen LogP contribution in [-0.2, 0) is 57.5 Å². The molecule has 86 heavy (non-hydrogen) atoms. The lowest BCUT2D eigenvalue weighted by Crippen LogP contribution is -2.63. The van der Waals surface area contributed by atoms with E-state index >= 15 is 9.59 Å². The minimum atomic E-state index is -1.87. The number of carbonyl (C=O) groups is 12. The Bertz CT molecular complexity index is 2390. The lowest BCUT2D eigenvalue weighted by Gasteiger charge is -2.40. The third-order valence-corrected chi connectivity index (χ3v) is 15.9. The van der Waals surface area contributed by atoms with Gasteiger partial charge in [-0.15, -0.1) is 0 Å². The molecule has 0 aliphatic carbocycles. The van der Waals surface area contributed by atoms with Crippen molar-refractivity contribution in [3.63, 3.8) is 0 Å². The molecule has 1 saturated heterocycles. The lowest BCUT2D eigenvalue weighted by atomic mass is 9.92. The van der Waals surface area contributed by atoms with Crippen molar-refractivity contribution >= 4 is 70.8 Å². The number of nitrogens with zero attached hydrogens (tertiary/aromatic N) is 7. The molecule has 0 bridgehead atoms. The maximum Gasteiger partial charge on any atom is 0.251 e. The number of hydrogen-bond donors (Lipinski definition) is 5. The molecule has 0 spiro atoms. The van der Waals surface area contributed by atoms with Gasteiger partial charge in [-0.05, 0) is 87.9 Å². The zero-order valence-corrected chi connectivity index (χ0v) is 56.1. The highest BCUT2D eigenvalue weighted by atomic mass is 16.3. The van der Waals surface area contributed by atoms with Crippen LogP contribution in [0.3, 0.4) is 0 Å². The minimum Gasteiger partial charge on any atom is -0.392 e. The van der Waals surface area contributed by atoms with E-state index in [1.54, 1.807) is 47.6 Å². The highest BCUT2D eigenvalue weighted by Gasteiger charge is 2.45. The average Bonchev–Trinajstić information content (AvgIpc) is 1.45.